The minimum Gasteiger partial charge on any atom is -0.368 e. The summed E-state index contributed by atoms with van der Waals surface area (Å²) in [5.74, 6) is 0.968. The predicted octanol–water partition coefficient (Wildman–Crippen LogP) is 3.30. The van der Waals surface area contributed by atoms with E-state index in [1.54, 1.807) is 6.20 Å². The Hall–Kier alpha value is -1.62. The van der Waals surface area contributed by atoms with E-state index in [0.29, 0.717) is 5.82 Å². The van der Waals surface area contributed by atoms with Crippen LogP contribution < -0.4 is 11.1 Å². The van der Waals surface area contributed by atoms with E-state index in [4.69, 9.17) is 5.73 Å². The van der Waals surface area contributed by atoms with Gasteiger partial charge in [0, 0.05) is 6.20 Å². The van der Waals surface area contributed by atoms with E-state index in [2.05, 4.69) is 57.2 Å². The third kappa shape index (κ3) is 2.79. The van der Waals surface area contributed by atoms with Gasteiger partial charge >= 0.3 is 0 Å². The lowest BCUT2D eigenvalue weighted by Crippen LogP contribution is -2.11. The number of aryl methyl sites for hydroxylation is 1. The van der Waals surface area contributed by atoms with Gasteiger partial charge in [-0.3, -0.25) is 0 Å². The number of nitrogens with one attached hydrogen (secondary N) is 1. The Labute approximate surface area is 115 Å². The van der Waals surface area contributed by atoms with Crippen molar-refractivity contribution in [3.8, 4) is 0 Å². The van der Waals surface area contributed by atoms with Gasteiger partial charge in [0.2, 0.25) is 5.95 Å². The molecule has 5 heteroatoms. The molecule has 0 spiro atoms. The first kappa shape index (κ1) is 12.8. The lowest BCUT2D eigenvalue weighted by Gasteiger charge is -2.17. The number of hydrogen-bond donors (Lipinski definition) is 2. The zero-order valence-corrected chi connectivity index (χ0v) is 11.9. The van der Waals surface area contributed by atoms with Gasteiger partial charge < -0.3 is 11.1 Å². The van der Waals surface area contributed by atoms with Gasteiger partial charge in [0.1, 0.15) is 5.82 Å². The van der Waals surface area contributed by atoms with Crippen LogP contribution in [0.25, 0.3) is 0 Å². The zero-order valence-electron chi connectivity index (χ0n) is 10.3. The van der Waals surface area contributed by atoms with Crippen LogP contribution in [-0.2, 0) is 0 Å². The van der Waals surface area contributed by atoms with Crippen molar-refractivity contribution < 1.29 is 0 Å². The van der Waals surface area contributed by atoms with E-state index in [9.17, 15) is 0 Å². The number of nitrogens with zero attached hydrogens (tertiary/aromatic N) is 2. The second kappa shape index (κ2) is 5.35. The molecule has 0 radical (unpaired) electrons. The predicted molar refractivity (Wildman–Crippen MR) is 77.4 cm³/mol. The summed E-state index contributed by atoms with van der Waals surface area (Å²) in [6, 6.07) is 8.41. The molecule has 1 heterocycles. The van der Waals surface area contributed by atoms with E-state index in [-0.39, 0.29) is 12.0 Å². The molecule has 1 aromatic heterocycles. The van der Waals surface area contributed by atoms with E-state index >= 15 is 0 Å². The second-order valence-corrected chi connectivity index (χ2v) is 5.00. The van der Waals surface area contributed by atoms with Crippen LogP contribution >= 0.6 is 15.9 Å². The lowest BCUT2D eigenvalue weighted by atomic mass is 10.0. The Morgan fingerprint density at radius 1 is 1.33 bits per heavy atom. The highest BCUT2D eigenvalue weighted by atomic mass is 79.9. The fourth-order valence-electron chi connectivity index (χ4n) is 1.84. The van der Waals surface area contributed by atoms with Gasteiger partial charge in [-0.2, -0.15) is 4.98 Å². The molecule has 0 aliphatic rings. The summed E-state index contributed by atoms with van der Waals surface area (Å²) in [5, 5.41) is 3.33. The number of aromatic nitrogens is 2. The molecule has 1 aromatic carbocycles. The summed E-state index contributed by atoms with van der Waals surface area (Å²) < 4.78 is 0.803. The summed E-state index contributed by atoms with van der Waals surface area (Å²) in [5.41, 5.74) is 8.07. The molecule has 4 nitrogen and oxygen atoms in total. The van der Waals surface area contributed by atoms with Crippen LogP contribution in [0.4, 0.5) is 11.8 Å². The van der Waals surface area contributed by atoms with Crippen LogP contribution in [-0.4, -0.2) is 9.97 Å². The monoisotopic (exact) mass is 306 g/mol. The first-order valence-electron chi connectivity index (χ1n) is 5.68. The number of rotatable bonds is 3. The molecule has 0 saturated carbocycles. The Bertz CT molecular complexity index is 556. The summed E-state index contributed by atoms with van der Waals surface area (Å²) in [7, 11) is 0. The van der Waals surface area contributed by atoms with Crippen LogP contribution in [0.3, 0.4) is 0 Å². The summed E-state index contributed by atoms with van der Waals surface area (Å²) in [4.78, 5) is 8.09. The normalized spacial score (nSPS) is 12.2. The van der Waals surface area contributed by atoms with Crippen molar-refractivity contribution in [3.05, 3.63) is 46.1 Å². The van der Waals surface area contributed by atoms with Gasteiger partial charge in [-0.15, -0.1) is 0 Å². The van der Waals surface area contributed by atoms with Crippen molar-refractivity contribution in [1.29, 1.82) is 0 Å². The summed E-state index contributed by atoms with van der Waals surface area (Å²) in [6.45, 7) is 4.18. The number of benzene rings is 1. The largest absolute Gasteiger partial charge is 0.368 e. The van der Waals surface area contributed by atoms with Crippen LogP contribution in [0.2, 0.25) is 0 Å². The van der Waals surface area contributed by atoms with Gasteiger partial charge in [-0.05, 0) is 40.9 Å². The van der Waals surface area contributed by atoms with Gasteiger partial charge in [0.25, 0.3) is 0 Å². The quantitative estimate of drug-likeness (QED) is 0.913. The fraction of sp³-hybridized carbons (Fsp3) is 0.231. The highest BCUT2D eigenvalue weighted by molar-refractivity contribution is 9.10. The molecule has 0 fully saturated rings. The van der Waals surface area contributed by atoms with Crippen molar-refractivity contribution in [2.24, 2.45) is 0 Å². The molecule has 0 aliphatic heterocycles. The SMILES string of the molecule is Cc1ccccc1C(C)Nc1nc(N)ncc1Br. The number of hydrogen-bond acceptors (Lipinski definition) is 4. The molecule has 0 bridgehead atoms. The molecule has 2 aromatic rings. The van der Waals surface area contributed by atoms with Crippen molar-refractivity contribution >= 4 is 27.7 Å². The second-order valence-electron chi connectivity index (χ2n) is 4.15. The van der Waals surface area contributed by atoms with Crippen LogP contribution in [0.5, 0.6) is 0 Å². The summed E-state index contributed by atoms with van der Waals surface area (Å²) >= 11 is 3.41. The molecular weight excluding hydrogens is 292 g/mol. The minimum atomic E-state index is 0.150. The van der Waals surface area contributed by atoms with Crippen molar-refractivity contribution in [2.45, 2.75) is 19.9 Å². The molecule has 0 aliphatic carbocycles. The average Bonchev–Trinajstić information content (AvgIpc) is 2.34. The third-order valence-corrected chi connectivity index (χ3v) is 3.35. The molecule has 94 valence electrons. The molecule has 1 atom stereocenters. The molecular formula is C13H15BrN4. The highest BCUT2D eigenvalue weighted by Crippen LogP contribution is 2.25. The van der Waals surface area contributed by atoms with E-state index in [1.807, 2.05) is 12.1 Å². The van der Waals surface area contributed by atoms with Crippen molar-refractivity contribution in [2.75, 3.05) is 11.1 Å². The van der Waals surface area contributed by atoms with Crippen LogP contribution in [0, 0.1) is 6.92 Å². The van der Waals surface area contributed by atoms with Crippen LogP contribution in [0.15, 0.2) is 34.9 Å². The molecule has 0 amide bonds. The third-order valence-electron chi connectivity index (χ3n) is 2.77. The highest BCUT2D eigenvalue weighted by Gasteiger charge is 2.11. The minimum absolute atomic E-state index is 0.150. The van der Waals surface area contributed by atoms with Gasteiger partial charge in [0.15, 0.2) is 0 Å². The standard InChI is InChI=1S/C13H15BrN4/c1-8-5-3-4-6-10(8)9(2)17-12-11(14)7-16-13(15)18-12/h3-7,9H,1-2H3,(H3,15,16,17,18). The number of nitrogen functional groups attached to an aromatic ring is 1. The van der Waals surface area contributed by atoms with Crippen molar-refractivity contribution in [3.63, 3.8) is 0 Å². The average molecular weight is 307 g/mol. The Kier molecular flexibility index (Phi) is 3.81. The van der Waals surface area contributed by atoms with E-state index in [1.165, 1.54) is 11.1 Å². The Morgan fingerprint density at radius 3 is 2.78 bits per heavy atom. The number of halogens is 1. The Morgan fingerprint density at radius 2 is 2.06 bits per heavy atom. The lowest BCUT2D eigenvalue weighted by molar-refractivity contribution is 0.861. The van der Waals surface area contributed by atoms with Gasteiger partial charge in [-0.1, -0.05) is 24.3 Å². The maximum atomic E-state index is 5.59. The van der Waals surface area contributed by atoms with Crippen LogP contribution in [0.1, 0.15) is 24.1 Å². The van der Waals surface area contributed by atoms with Gasteiger partial charge in [0.05, 0.1) is 10.5 Å². The van der Waals surface area contributed by atoms with E-state index < -0.39 is 0 Å². The number of anilines is 2. The van der Waals surface area contributed by atoms with Crippen molar-refractivity contribution in [1.82, 2.24) is 9.97 Å². The zero-order chi connectivity index (χ0) is 13.1. The molecule has 18 heavy (non-hydrogen) atoms. The maximum Gasteiger partial charge on any atom is 0.221 e. The summed E-state index contributed by atoms with van der Waals surface area (Å²) in [6.07, 6.45) is 1.65. The first-order valence-corrected chi connectivity index (χ1v) is 6.47. The maximum absolute atomic E-state index is 5.59. The molecule has 2 rings (SSSR count). The molecule has 3 N–H and O–H groups in total. The number of nitrogens with two attached hydrogens (primary N) is 1. The fourth-order valence-corrected chi connectivity index (χ4v) is 2.14. The van der Waals surface area contributed by atoms with Gasteiger partial charge in [-0.25, -0.2) is 4.98 Å². The van der Waals surface area contributed by atoms with E-state index in [0.717, 1.165) is 4.47 Å². The first-order chi connectivity index (χ1) is 8.58. The molecule has 1 unspecified atom stereocenters. The smallest absolute Gasteiger partial charge is 0.221 e. The Balaban J connectivity index is 2.24. The topological polar surface area (TPSA) is 63.8 Å². The molecule has 0 saturated heterocycles.